The minimum atomic E-state index is -0.595. The number of rotatable bonds is 5. The molecule has 0 saturated heterocycles. The van der Waals surface area contributed by atoms with Crippen molar-refractivity contribution in [2.45, 2.75) is 11.6 Å². The summed E-state index contributed by atoms with van der Waals surface area (Å²) in [6.45, 7) is 0. The van der Waals surface area contributed by atoms with Gasteiger partial charge in [0.2, 0.25) is 0 Å². The lowest BCUT2D eigenvalue weighted by Gasteiger charge is -2.31. The Morgan fingerprint density at radius 2 is 0.905 bits per heavy atom. The summed E-state index contributed by atoms with van der Waals surface area (Å²) in [7, 11) is 0. The molecule has 2 heterocycles. The third kappa shape index (κ3) is 5.43. The van der Waals surface area contributed by atoms with E-state index < -0.39 is 11.6 Å². The Labute approximate surface area is 365 Å². The summed E-state index contributed by atoms with van der Waals surface area (Å²) in [5, 5.41) is 3.57. The normalized spacial score (nSPS) is 14.7. The Balaban J connectivity index is 1.04. The van der Waals surface area contributed by atoms with E-state index in [1.54, 1.807) is 0 Å². The molecule has 0 atom stereocenters. The SMILES string of the molecule is c1ccc(C2=NC(c3cc(-c4ccccc4)cc(-c4ccc5c(c4)C4(c6ccccc6-c6ccccc64)c4ccc6c(c4-5)Oc4ccccc4O6)c3)N=C(c3ccccc3)N2)cc1. The Hall–Kier alpha value is -8.28. The van der Waals surface area contributed by atoms with E-state index in [1.807, 2.05) is 60.7 Å². The molecule has 0 unspecified atom stereocenters. The molecule has 1 spiro atoms. The highest BCUT2D eigenvalue weighted by Gasteiger charge is 2.53. The van der Waals surface area contributed by atoms with Gasteiger partial charge in [0, 0.05) is 16.7 Å². The lowest BCUT2D eigenvalue weighted by Crippen LogP contribution is -2.36. The van der Waals surface area contributed by atoms with E-state index >= 15 is 0 Å². The maximum atomic E-state index is 6.84. The molecule has 13 rings (SSSR count). The summed E-state index contributed by atoms with van der Waals surface area (Å²) < 4.78 is 13.4. The summed E-state index contributed by atoms with van der Waals surface area (Å²) in [4.78, 5) is 10.6. The minimum absolute atomic E-state index is 0.496. The van der Waals surface area contributed by atoms with Gasteiger partial charge in [0.05, 0.1) is 5.41 Å². The molecule has 0 aromatic heterocycles. The number of aliphatic imine (C=N–C) groups is 2. The molecule has 1 N–H and O–H groups in total. The van der Waals surface area contributed by atoms with Gasteiger partial charge in [-0.05, 0) is 109 Å². The first kappa shape index (κ1) is 35.5. The lowest BCUT2D eigenvalue weighted by atomic mass is 9.70. The van der Waals surface area contributed by atoms with Crippen molar-refractivity contribution in [3.63, 3.8) is 0 Å². The van der Waals surface area contributed by atoms with Gasteiger partial charge in [-0.15, -0.1) is 0 Å². The van der Waals surface area contributed by atoms with E-state index in [0.29, 0.717) is 17.2 Å². The number of para-hydroxylation sites is 2. The third-order valence-corrected chi connectivity index (χ3v) is 13.0. The number of hydrogen-bond acceptors (Lipinski definition) is 5. The Bertz CT molecular complexity index is 3270. The van der Waals surface area contributed by atoms with E-state index in [2.05, 4.69) is 157 Å². The fraction of sp³-hybridized carbons (Fsp3) is 0.0345. The van der Waals surface area contributed by atoms with Gasteiger partial charge in [0.1, 0.15) is 11.7 Å². The molecule has 0 amide bonds. The zero-order valence-electron chi connectivity index (χ0n) is 34.0. The summed E-state index contributed by atoms with van der Waals surface area (Å²) in [6.07, 6.45) is -0.496. The molecule has 0 radical (unpaired) electrons. The Morgan fingerprint density at radius 1 is 0.365 bits per heavy atom. The zero-order valence-corrected chi connectivity index (χ0v) is 34.0. The van der Waals surface area contributed by atoms with Gasteiger partial charge >= 0.3 is 0 Å². The molecular formula is C58H37N3O2. The molecule has 63 heavy (non-hydrogen) atoms. The predicted molar refractivity (Wildman–Crippen MR) is 252 cm³/mol. The second kappa shape index (κ2) is 13.9. The second-order valence-corrected chi connectivity index (χ2v) is 16.5. The van der Waals surface area contributed by atoms with Crippen LogP contribution in [0.5, 0.6) is 23.0 Å². The second-order valence-electron chi connectivity index (χ2n) is 16.5. The molecule has 9 aromatic carbocycles. The van der Waals surface area contributed by atoms with Crippen molar-refractivity contribution >= 4 is 11.7 Å². The molecular weight excluding hydrogens is 771 g/mol. The van der Waals surface area contributed by atoms with Crippen LogP contribution in [0.15, 0.2) is 222 Å². The monoisotopic (exact) mass is 807 g/mol. The average molecular weight is 808 g/mol. The van der Waals surface area contributed by atoms with Crippen LogP contribution >= 0.6 is 0 Å². The van der Waals surface area contributed by atoms with Crippen LogP contribution in [0.2, 0.25) is 0 Å². The highest BCUT2D eigenvalue weighted by Crippen LogP contribution is 2.66. The quantitative estimate of drug-likeness (QED) is 0.188. The molecule has 0 fully saturated rings. The van der Waals surface area contributed by atoms with Gasteiger partial charge in [-0.3, -0.25) is 0 Å². The molecule has 5 heteroatoms. The first-order valence-electron chi connectivity index (χ1n) is 21.4. The van der Waals surface area contributed by atoms with E-state index in [1.165, 1.54) is 33.4 Å². The van der Waals surface area contributed by atoms with Crippen LogP contribution in [0.1, 0.15) is 45.1 Å². The first-order chi connectivity index (χ1) is 31.2. The van der Waals surface area contributed by atoms with Crippen LogP contribution in [-0.2, 0) is 5.41 Å². The molecule has 0 saturated carbocycles. The Kier molecular flexibility index (Phi) is 7.81. The van der Waals surface area contributed by atoms with Gasteiger partial charge in [-0.2, -0.15) is 0 Å². The summed E-state index contributed by atoms with van der Waals surface area (Å²) >= 11 is 0. The van der Waals surface area contributed by atoms with Crippen LogP contribution in [0, 0.1) is 0 Å². The van der Waals surface area contributed by atoms with Crippen molar-refractivity contribution in [2.24, 2.45) is 9.98 Å². The number of nitrogens with zero attached hydrogens (tertiary/aromatic N) is 2. The lowest BCUT2D eigenvalue weighted by molar-refractivity contribution is 0.360. The van der Waals surface area contributed by atoms with Gasteiger partial charge in [0.15, 0.2) is 29.2 Å². The number of fused-ring (bicyclic) bond motifs is 13. The van der Waals surface area contributed by atoms with E-state index in [-0.39, 0.29) is 0 Å². The summed E-state index contributed by atoms with van der Waals surface area (Å²) in [5.41, 5.74) is 16.4. The number of nitrogens with one attached hydrogen (secondary N) is 1. The minimum Gasteiger partial charge on any atom is -0.449 e. The van der Waals surface area contributed by atoms with Crippen molar-refractivity contribution in [2.75, 3.05) is 0 Å². The highest BCUT2D eigenvalue weighted by atomic mass is 16.6. The van der Waals surface area contributed by atoms with E-state index in [4.69, 9.17) is 19.5 Å². The van der Waals surface area contributed by atoms with E-state index in [0.717, 1.165) is 67.5 Å². The van der Waals surface area contributed by atoms with Crippen LogP contribution in [0.25, 0.3) is 44.5 Å². The molecule has 0 bridgehead atoms. The topological polar surface area (TPSA) is 55.2 Å². The van der Waals surface area contributed by atoms with Crippen molar-refractivity contribution in [3.8, 4) is 67.5 Å². The van der Waals surface area contributed by atoms with Crippen molar-refractivity contribution in [3.05, 3.63) is 251 Å². The third-order valence-electron chi connectivity index (χ3n) is 13.0. The average Bonchev–Trinajstić information content (AvgIpc) is 3.83. The van der Waals surface area contributed by atoms with Crippen LogP contribution in [0.3, 0.4) is 0 Å². The van der Waals surface area contributed by atoms with Crippen LogP contribution < -0.4 is 14.8 Å². The maximum Gasteiger partial charge on any atom is 0.178 e. The molecule has 5 nitrogen and oxygen atoms in total. The highest BCUT2D eigenvalue weighted by molar-refractivity contribution is 6.16. The predicted octanol–water partition coefficient (Wildman–Crippen LogP) is 13.8. The zero-order chi connectivity index (χ0) is 41.5. The molecule has 9 aromatic rings. The van der Waals surface area contributed by atoms with Crippen LogP contribution in [-0.4, -0.2) is 11.7 Å². The molecule has 4 aliphatic rings. The fourth-order valence-electron chi connectivity index (χ4n) is 10.2. The summed E-state index contributed by atoms with van der Waals surface area (Å²) in [6, 6.07) is 75.1. The van der Waals surface area contributed by atoms with Crippen molar-refractivity contribution in [1.82, 2.24) is 5.32 Å². The fourth-order valence-corrected chi connectivity index (χ4v) is 10.2. The number of hydrogen-bond donors (Lipinski definition) is 1. The van der Waals surface area contributed by atoms with Crippen molar-refractivity contribution < 1.29 is 9.47 Å². The van der Waals surface area contributed by atoms with Crippen molar-refractivity contribution in [1.29, 1.82) is 0 Å². The summed E-state index contributed by atoms with van der Waals surface area (Å²) in [5.74, 6) is 4.46. The maximum absolute atomic E-state index is 6.84. The molecule has 2 aliphatic carbocycles. The largest absolute Gasteiger partial charge is 0.449 e. The molecule has 296 valence electrons. The van der Waals surface area contributed by atoms with Gasteiger partial charge < -0.3 is 14.8 Å². The number of ether oxygens (including phenoxy) is 2. The van der Waals surface area contributed by atoms with Crippen LogP contribution in [0.4, 0.5) is 0 Å². The first-order valence-corrected chi connectivity index (χ1v) is 21.4. The Morgan fingerprint density at radius 3 is 1.54 bits per heavy atom. The van der Waals surface area contributed by atoms with Gasteiger partial charge in [0.25, 0.3) is 0 Å². The number of amidine groups is 2. The number of benzene rings is 9. The van der Waals surface area contributed by atoms with E-state index in [9.17, 15) is 0 Å². The standard InChI is InChI=1S/C58H37N3O2/c1-4-16-36(17-5-1)40-32-41(34-42(33-40)57-60-55(37-18-6-2-7-19-37)59-56(61-57)38-20-8-3-9-21-38)39-28-29-45-49(35-39)58(46-24-12-10-22-43(46)44-23-11-13-25-47(44)58)48-30-31-52-54(53(45)48)63-51-27-15-14-26-50(51)62-52/h1-35,57H,(H,59,60,61). The van der Waals surface area contributed by atoms with Gasteiger partial charge in [-0.25, -0.2) is 9.98 Å². The van der Waals surface area contributed by atoms with Gasteiger partial charge in [-0.1, -0.05) is 170 Å². The smallest absolute Gasteiger partial charge is 0.178 e. The molecule has 2 aliphatic heterocycles.